The molecule has 0 atom stereocenters. The Morgan fingerprint density at radius 3 is 1.21 bits per heavy atom. The molecule has 7 aromatic rings. The zero-order chi connectivity index (χ0) is 28.1. The van der Waals surface area contributed by atoms with Crippen LogP contribution in [0.5, 0.6) is 0 Å². The van der Waals surface area contributed by atoms with Gasteiger partial charge in [0.1, 0.15) is 0 Å². The number of rotatable bonds is 6. The van der Waals surface area contributed by atoms with Crippen molar-refractivity contribution in [2.45, 2.75) is 0 Å². The van der Waals surface area contributed by atoms with Gasteiger partial charge in [-0.25, -0.2) is 9.97 Å². The third-order valence-electron chi connectivity index (χ3n) is 7.44. The van der Waals surface area contributed by atoms with Crippen molar-refractivity contribution in [1.82, 2.24) is 15.0 Å². The van der Waals surface area contributed by atoms with Crippen molar-refractivity contribution < 1.29 is 0 Å². The van der Waals surface area contributed by atoms with Crippen LogP contribution in [0.15, 0.2) is 164 Å². The van der Waals surface area contributed by atoms with Gasteiger partial charge in [-0.2, -0.15) is 0 Å². The predicted molar refractivity (Wildman–Crippen MR) is 172 cm³/mol. The quantitative estimate of drug-likeness (QED) is 0.212. The molecule has 42 heavy (non-hydrogen) atoms. The number of pyridine rings is 1. The average Bonchev–Trinajstić information content (AvgIpc) is 3.09. The Kier molecular flexibility index (Phi) is 6.89. The van der Waals surface area contributed by atoms with Crippen molar-refractivity contribution in [3.8, 4) is 67.3 Å². The Morgan fingerprint density at radius 1 is 0.286 bits per heavy atom. The number of benzene rings is 5. The molecule has 0 radical (unpaired) electrons. The van der Waals surface area contributed by atoms with Gasteiger partial charge in [0.25, 0.3) is 0 Å². The van der Waals surface area contributed by atoms with E-state index in [9.17, 15) is 0 Å². The van der Waals surface area contributed by atoms with Crippen LogP contribution in [0.25, 0.3) is 67.3 Å². The number of hydrogen-bond donors (Lipinski definition) is 0. The van der Waals surface area contributed by atoms with Crippen molar-refractivity contribution in [2.75, 3.05) is 0 Å². The fourth-order valence-corrected chi connectivity index (χ4v) is 5.18. The van der Waals surface area contributed by atoms with Gasteiger partial charge in [0, 0.05) is 29.1 Å². The van der Waals surface area contributed by atoms with E-state index in [0.717, 1.165) is 33.6 Å². The molecule has 0 fully saturated rings. The summed E-state index contributed by atoms with van der Waals surface area (Å²) in [6, 6.07) is 52.7. The first-order chi connectivity index (χ1) is 20.8. The zero-order valence-electron chi connectivity index (χ0n) is 22.9. The van der Waals surface area contributed by atoms with Crippen LogP contribution in [0, 0.1) is 0 Å². The second kappa shape index (κ2) is 11.4. The van der Waals surface area contributed by atoms with E-state index in [1.807, 2.05) is 24.3 Å². The number of aromatic nitrogens is 3. The lowest BCUT2D eigenvalue weighted by Gasteiger charge is -2.11. The van der Waals surface area contributed by atoms with Crippen molar-refractivity contribution in [1.29, 1.82) is 0 Å². The predicted octanol–water partition coefficient (Wildman–Crippen LogP) is 9.87. The lowest BCUT2D eigenvalue weighted by atomic mass is 9.97. The highest BCUT2D eigenvalue weighted by Crippen LogP contribution is 2.31. The lowest BCUT2D eigenvalue weighted by molar-refractivity contribution is 1.18. The molecule has 0 aliphatic heterocycles. The highest BCUT2D eigenvalue weighted by Gasteiger charge is 2.12. The standard InChI is InChI=1S/C39H27N3/c1-3-8-28(9-4-1)30-14-18-32(19-15-30)37-27-38(42-39(41-37)34-22-24-40-25-23-34)33-20-16-31(17-21-33)36-13-7-12-35(26-36)29-10-5-2-6-11-29/h1-27H. The van der Waals surface area contributed by atoms with E-state index >= 15 is 0 Å². The Bertz CT molecular complexity index is 1930. The first-order valence-corrected chi connectivity index (χ1v) is 14.0. The van der Waals surface area contributed by atoms with E-state index in [-0.39, 0.29) is 0 Å². The van der Waals surface area contributed by atoms with Gasteiger partial charge in [-0.05, 0) is 57.6 Å². The van der Waals surface area contributed by atoms with E-state index in [0.29, 0.717) is 5.82 Å². The molecule has 0 aliphatic carbocycles. The summed E-state index contributed by atoms with van der Waals surface area (Å²) in [4.78, 5) is 14.1. The maximum Gasteiger partial charge on any atom is 0.160 e. The highest BCUT2D eigenvalue weighted by molar-refractivity contribution is 5.77. The van der Waals surface area contributed by atoms with Crippen molar-refractivity contribution in [2.24, 2.45) is 0 Å². The summed E-state index contributed by atoms with van der Waals surface area (Å²) < 4.78 is 0. The molecule has 3 nitrogen and oxygen atoms in total. The normalized spacial score (nSPS) is 10.9. The van der Waals surface area contributed by atoms with E-state index in [2.05, 4.69) is 132 Å². The minimum Gasteiger partial charge on any atom is -0.265 e. The molecule has 198 valence electrons. The maximum atomic E-state index is 4.98. The SMILES string of the molecule is c1ccc(-c2ccc(-c3cc(-c4ccc(-c5cccc(-c6ccccc6)c5)cc4)nc(-c4ccncc4)n3)cc2)cc1. The molecule has 7 rings (SSSR count). The van der Waals surface area contributed by atoms with Crippen molar-refractivity contribution in [3.63, 3.8) is 0 Å². The molecule has 2 aromatic heterocycles. The summed E-state index contributed by atoms with van der Waals surface area (Å²) in [6.07, 6.45) is 3.55. The van der Waals surface area contributed by atoms with Crippen molar-refractivity contribution >= 4 is 0 Å². The molecule has 0 saturated heterocycles. The van der Waals surface area contributed by atoms with Gasteiger partial charge in [0.2, 0.25) is 0 Å². The minimum atomic E-state index is 0.677. The smallest absolute Gasteiger partial charge is 0.160 e. The average molecular weight is 538 g/mol. The third kappa shape index (κ3) is 5.36. The van der Waals surface area contributed by atoms with Crippen LogP contribution in [0.2, 0.25) is 0 Å². The molecule has 3 heteroatoms. The molecule has 5 aromatic carbocycles. The Balaban J connectivity index is 1.25. The monoisotopic (exact) mass is 537 g/mol. The van der Waals surface area contributed by atoms with Crippen LogP contribution in [0.4, 0.5) is 0 Å². The molecular formula is C39H27N3. The fourth-order valence-electron chi connectivity index (χ4n) is 5.18. The first-order valence-electron chi connectivity index (χ1n) is 14.0. The van der Waals surface area contributed by atoms with Gasteiger partial charge in [-0.1, -0.05) is 127 Å². The van der Waals surface area contributed by atoms with Crippen LogP contribution < -0.4 is 0 Å². The number of nitrogens with zero attached hydrogens (tertiary/aromatic N) is 3. The van der Waals surface area contributed by atoms with E-state index in [1.54, 1.807) is 12.4 Å². The van der Waals surface area contributed by atoms with Gasteiger partial charge in [0.05, 0.1) is 11.4 Å². The van der Waals surface area contributed by atoms with Gasteiger partial charge in [0.15, 0.2) is 5.82 Å². The summed E-state index contributed by atoms with van der Waals surface area (Å²) in [5.74, 6) is 0.677. The van der Waals surface area contributed by atoms with Gasteiger partial charge in [-0.15, -0.1) is 0 Å². The van der Waals surface area contributed by atoms with Crippen LogP contribution in [-0.2, 0) is 0 Å². The van der Waals surface area contributed by atoms with Gasteiger partial charge in [-0.3, -0.25) is 4.98 Å². The molecule has 0 saturated carbocycles. The molecule has 0 amide bonds. The highest BCUT2D eigenvalue weighted by atomic mass is 14.9. The topological polar surface area (TPSA) is 38.7 Å². The largest absolute Gasteiger partial charge is 0.265 e. The number of hydrogen-bond acceptors (Lipinski definition) is 3. The van der Waals surface area contributed by atoms with E-state index < -0.39 is 0 Å². The van der Waals surface area contributed by atoms with Crippen LogP contribution >= 0.6 is 0 Å². The fraction of sp³-hybridized carbons (Fsp3) is 0. The van der Waals surface area contributed by atoms with Gasteiger partial charge >= 0.3 is 0 Å². The Labute approximate surface area is 245 Å². The molecule has 0 spiro atoms. The van der Waals surface area contributed by atoms with E-state index in [4.69, 9.17) is 9.97 Å². The Hall–Kier alpha value is -5.67. The summed E-state index contributed by atoms with van der Waals surface area (Å²) in [6.45, 7) is 0. The molecule has 2 heterocycles. The minimum absolute atomic E-state index is 0.677. The summed E-state index contributed by atoms with van der Waals surface area (Å²) in [7, 11) is 0. The van der Waals surface area contributed by atoms with Crippen LogP contribution in [0.1, 0.15) is 0 Å². The summed E-state index contributed by atoms with van der Waals surface area (Å²) >= 11 is 0. The maximum absolute atomic E-state index is 4.98. The van der Waals surface area contributed by atoms with Crippen LogP contribution in [-0.4, -0.2) is 15.0 Å². The van der Waals surface area contributed by atoms with Crippen LogP contribution in [0.3, 0.4) is 0 Å². The molecule has 0 N–H and O–H groups in total. The first kappa shape index (κ1) is 25.3. The Morgan fingerprint density at radius 2 is 0.690 bits per heavy atom. The second-order valence-corrected chi connectivity index (χ2v) is 10.2. The van der Waals surface area contributed by atoms with E-state index in [1.165, 1.54) is 27.8 Å². The zero-order valence-corrected chi connectivity index (χ0v) is 22.9. The molecule has 0 unspecified atom stereocenters. The summed E-state index contributed by atoms with van der Waals surface area (Å²) in [5.41, 5.74) is 11.9. The second-order valence-electron chi connectivity index (χ2n) is 10.2. The summed E-state index contributed by atoms with van der Waals surface area (Å²) in [5, 5.41) is 0. The van der Waals surface area contributed by atoms with Crippen molar-refractivity contribution in [3.05, 3.63) is 164 Å². The molecule has 0 aliphatic rings. The lowest BCUT2D eigenvalue weighted by Crippen LogP contribution is -1.96. The molecule has 0 bridgehead atoms. The third-order valence-corrected chi connectivity index (χ3v) is 7.44. The molecular weight excluding hydrogens is 510 g/mol. The van der Waals surface area contributed by atoms with Gasteiger partial charge < -0.3 is 0 Å².